The van der Waals surface area contributed by atoms with Crippen molar-refractivity contribution in [1.82, 2.24) is 14.9 Å². The van der Waals surface area contributed by atoms with E-state index < -0.39 is 9.84 Å². The van der Waals surface area contributed by atoms with Gasteiger partial charge >= 0.3 is 6.03 Å². The van der Waals surface area contributed by atoms with E-state index in [0.717, 1.165) is 0 Å². The standard InChI is InChI=1S/C13H20N4O4S/c1-21-7-2-6-17(11-3-8-22(19,20)10-11)13(18)16-12-9-14-4-5-15-12/h4-5,9,11H,2-3,6-8,10H2,1H3,(H,15,16,18). The van der Waals surface area contributed by atoms with Gasteiger partial charge in [-0.25, -0.2) is 18.2 Å². The Balaban J connectivity index is 2.04. The van der Waals surface area contributed by atoms with Crippen LogP contribution in [0, 0.1) is 0 Å². The van der Waals surface area contributed by atoms with Gasteiger partial charge in [0.05, 0.1) is 17.7 Å². The fourth-order valence-electron chi connectivity index (χ4n) is 2.40. The monoisotopic (exact) mass is 328 g/mol. The lowest BCUT2D eigenvalue weighted by Crippen LogP contribution is -2.44. The first-order valence-electron chi connectivity index (χ1n) is 7.05. The summed E-state index contributed by atoms with van der Waals surface area (Å²) in [4.78, 5) is 21.8. The number of nitrogens with zero attached hydrogens (tertiary/aromatic N) is 3. The van der Waals surface area contributed by atoms with Crippen LogP contribution in [-0.4, -0.2) is 67.1 Å². The Kier molecular flexibility index (Phi) is 5.67. The van der Waals surface area contributed by atoms with Crippen molar-refractivity contribution < 1.29 is 17.9 Å². The lowest BCUT2D eigenvalue weighted by atomic mass is 10.2. The van der Waals surface area contributed by atoms with E-state index in [-0.39, 0.29) is 23.6 Å². The van der Waals surface area contributed by atoms with Gasteiger partial charge in [-0.3, -0.25) is 10.3 Å². The highest BCUT2D eigenvalue weighted by molar-refractivity contribution is 7.91. The molecule has 1 aromatic heterocycles. The zero-order valence-electron chi connectivity index (χ0n) is 12.4. The lowest BCUT2D eigenvalue weighted by Gasteiger charge is -2.28. The molecule has 0 aliphatic carbocycles. The van der Waals surface area contributed by atoms with Crippen LogP contribution in [0.3, 0.4) is 0 Å². The van der Waals surface area contributed by atoms with Crippen molar-refractivity contribution >= 4 is 21.7 Å². The van der Waals surface area contributed by atoms with E-state index >= 15 is 0 Å². The highest BCUT2D eigenvalue weighted by atomic mass is 32.2. The normalized spacial score (nSPS) is 19.8. The van der Waals surface area contributed by atoms with E-state index in [1.165, 1.54) is 18.6 Å². The molecule has 1 unspecified atom stereocenters. The average Bonchev–Trinajstić information content (AvgIpc) is 2.84. The second-order valence-corrected chi connectivity index (χ2v) is 7.35. The summed E-state index contributed by atoms with van der Waals surface area (Å²) in [5, 5.41) is 2.65. The number of rotatable bonds is 6. The zero-order valence-corrected chi connectivity index (χ0v) is 13.3. The number of carbonyl (C=O) groups excluding carboxylic acids is 1. The van der Waals surface area contributed by atoms with Gasteiger partial charge in [0.15, 0.2) is 15.7 Å². The SMILES string of the molecule is COCCCN(C(=O)Nc1cnccn1)C1CCS(=O)(=O)C1. The Morgan fingerprint density at radius 2 is 2.32 bits per heavy atom. The minimum Gasteiger partial charge on any atom is -0.385 e. The molecule has 1 atom stereocenters. The summed E-state index contributed by atoms with van der Waals surface area (Å²) in [6, 6.07) is -0.669. The maximum atomic E-state index is 12.4. The van der Waals surface area contributed by atoms with Crippen molar-refractivity contribution in [3.05, 3.63) is 18.6 Å². The topological polar surface area (TPSA) is 101 Å². The maximum Gasteiger partial charge on any atom is 0.323 e. The molecule has 0 saturated carbocycles. The molecule has 22 heavy (non-hydrogen) atoms. The van der Waals surface area contributed by atoms with Crippen molar-refractivity contribution in [3.8, 4) is 0 Å². The summed E-state index contributed by atoms with van der Waals surface area (Å²) in [6.07, 6.45) is 5.53. The molecule has 8 nitrogen and oxygen atoms in total. The van der Waals surface area contributed by atoms with Crippen LogP contribution >= 0.6 is 0 Å². The number of methoxy groups -OCH3 is 1. The molecule has 2 amide bonds. The van der Waals surface area contributed by atoms with Crippen molar-refractivity contribution in [2.24, 2.45) is 0 Å². The smallest absolute Gasteiger partial charge is 0.323 e. The summed E-state index contributed by atoms with van der Waals surface area (Å²) < 4.78 is 28.3. The van der Waals surface area contributed by atoms with Crippen molar-refractivity contribution in [2.45, 2.75) is 18.9 Å². The molecule has 0 bridgehead atoms. The highest BCUT2D eigenvalue weighted by Gasteiger charge is 2.34. The molecular formula is C13H20N4O4S. The summed E-state index contributed by atoms with van der Waals surface area (Å²) in [6.45, 7) is 0.939. The fraction of sp³-hybridized carbons (Fsp3) is 0.615. The molecule has 1 aliphatic rings. The van der Waals surface area contributed by atoms with E-state index in [2.05, 4.69) is 15.3 Å². The van der Waals surface area contributed by atoms with E-state index in [9.17, 15) is 13.2 Å². The highest BCUT2D eigenvalue weighted by Crippen LogP contribution is 2.19. The Labute approximate surface area is 129 Å². The van der Waals surface area contributed by atoms with Crippen LogP contribution in [0.2, 0.25) is 0 Å². The Morgan fingerprint density at radius 3 is 2.91 bits per heavy atom. The Morgan fingerprint density at radius 1 is 1.50 bits per heavy atom. The van der Waals surface area contributed by atoms with Crippen LogP contribution in [0.15, 0.2) is 18.6 Å². The number of nitrogens with one attached hydrogen (secondary N) is 1. The van der Waals surface area contributed by atoms with Crippen LogP contribution < -0.4 is 5.32 Å². The molecule has 2 heterocycles. The summed E-state index contributed by atoms with van der Waals surface area (Å²) in [5.41, 5.74) is 0. The largest absolute Gasteiger partial charge is 0.385 e. The second kappa shape index (κ2) is 7.50. The van der Waals surface area contributed by atoms with Crippen LogP contribution in [0.4, 0.5) is 10.6 Å². The van der Waals surface area contributed by atoms with Crippen molar-refractivity contribution in [3.63, 3.8) is 0 Å². The van der Waals surface area contributed by atoms with Crippen LogP contribution in [0.1, 0.15) is 12.8 Å². The van der Waals surface area contributed by atoms with Gasteiger partial charge in [0.25, 0.3) is 0 Å². The van der Waals surface area contributed by atoms with Gasteiger partial charge < -0.3 is 9.64 Å². The molecule has 1 saturated heterocycles. The molecule has 1 N–H and O–H groups in total. The molecule has 0 radical (unpaired) electrons. The van der Waals surface area contributed by atoms with Gasteiger partial charge in [-0.2, -0.15) is 0 Å². The third-order valence-electron chi connectivity index (χ3n) is 3.46. The third kappa shape index (κ3) is 4.63. The number of anilines is 1. The molecule has 9 heteroatoms. The number of sulfone groups is 1. The van der Waals surface area contributed by atoms with Gasteiger partial charge in [0, 0.05) is 38.7 Å². The van der Waals surface area contributed by atoms with Crippen LogP contribution in [0.5, 0.6) is 0 Å². The molecule has 1 aliphatic heterocycles. The third-order valence-corrected chi connectivity index (χ3v) is 5.21. The summed E-state index contributed by atoms with van der Waals surface area (Å²) >= 11 is 0. The van der Waals surface area contributed by atoms with Crippen molar-refractivity contribution in [1.29, 1.82) is 0 Å². The Bertz CT molecular complexity index is 593. The lowest BCUT2D eigenvalue weighted by molar-refractivity contribution is 0.162. The minimum absolute atomic E-state index is 0.00781. The van der Waals surface area contributed by atoms with Gasteiger partial charge in [0.2, 0.25) is 0 Å². The van der Waals surface area contributed by atoms with Crippen LogP contribution in [0.25, 0.3) is 0 Å². The quantitative estimate of drug-likeness (QED) is 0.765. The first-order chi connectivity index (χ1) is 10.5. The summed E-state index contributed by atoms with van der Waals surface area (Å²) in [5.74, 6) is 0.468. The zero-order chi connectivity index (χ0) is 16.0. The number of carbonyl (C=O) groups is 1. The molecule has 2 rings (SSSR count). The number of aromatic nitrogens is 2. The van der Waals surface area contributed by atoms with E-state index in [1.54, 1.807) is 12.0 Å². The summed E-state index contributed by atoms with van der Waals surface area (Å²) in [7, 11) is -1.47. The predicted molar refractivity (Wildman–Crippen MR) is 81.3 cm³/mol. The first-order valence-corrected chi connectivity index (χ1v) is 8.87. The molecule has 1 fully saturated rings. The molecule has 122 valence electrons. The maximum absolute atomic E-state index is 12.4. The van der Waals surface area contributed by atoms with Gasteiger partial charge in [-0.05, 0) is 12.8 Å². The molecule has 0 spiro atoms. The molecular weight excluding hydrogens is 308 g/mol. The minimum atomic E-state index is -3.06. The first kappa shape index (κ1) is 16.6. The predicted octanol–water partition coefficient (Wildman–Crippen LogP) is 0.534. The van der Waals surface area contributed by atoms with E-state index in [4.69, 9.17) is 4.74 Å². The molecule has 1 aromatic rings. The van der Waals surface area contributed by atoms with Crippen LogP contribution in [-0.2, 0) is 14.6 Å². The van der Waals surface area contributed by atoms with Gasteiger partial charge in [0.1, 0.15) is 0 Å². The number of ether oxygens (including phenoxy) is 1. The van der Waals surface area contributed by atoms with E-state index in [1.807, 2.05) is 0 Å². The number of hydrogen-bond donors (Lipinski definition) is 1. The average molecular weight is 328 g/mol. The van der Waals surface area contributed by atoms with Crippen molar-refractivity contribution in [2.75, 3.05) is 37.1 Å². The Hall–Kier alpha value is -1.74. The van der Waals surface area contributed by atoms with Gasteiger partial charge in [-0.15, -0.1) is 0 Å². The fourth-order valence-corrected chi connectivity index (χ4v) is 4.13. The number of amides is 2. The van der Waals surface area contributed by atoms with E-state index in [0.29, 0.717) is 31.8 Å². The number of urea groups is 1. The van der Waals surface area contributed by atoms with Gasteiger partial charge in [-0.1, -0.05) is 0 Å². The molecule has 0 aromatic carbocycles. The second-order valence-electron chi connectivity index (χ2n) is 5.12. The number of hydrogen-bond acceptors (Lipinski definition) is 6.